The van der Waals surface area contributed by atoms with Gasteiger partial charge >= 0.3 is 0 Å². The molecule has 3 N–H and O–H groups in total. The van der Waals surface area contributed by atoms with Crippen molar-refractivity contribution < 1.29 is 28.6 Å². The van der Waals surface area contributed by atoms with Crippen molar-refractivity contribution in [1.29, 1.82) is 0 Å². The Morgan fingerprint density at radius 1 is 1.20 bits per heavy atom. The monoisotopic (exact) mass is 525 g/mol. The van der Waals surface area contributed by atoms with E-state index in [4.69, 9.17) is 48.0 Å². The lowest BCUT2D eigenvalue weighted by molar-refractivity contribution is -0.130. The fourth-order valence-corrected chi connectivity index (χ4v) is 3.57. The number of carbonyl (C=O) groups excluding carboxylic acids is 2. The number of primary amides is 1. The summed E-state index contributed by atoms with van der Waals surface area (Å²) in [4.78, 5) is 29.7. The highest BCUT2D eigenvalue weighted by atomic mass is 35.5. The normalized spacial score (nSPS) is 16.1. The zero-order valence-corrected chi connectivity index (χ0v) is 21.3. The van der Waals surface area contributed by atoms with Crippen LogP contribution in [0.3, 0.4) is 0 Å². The number of ether oxygens (including phenoxy) is 3. The van der Waals surface area contributed by atoms with Gasteiger partial charge in [-0.3, -0.25) is 14.4 Å². The molecule has 1 aliphatic rings. The van der Waals surface area contributed by atoms with E-state index in [1.54, 1.807) is 12.1 Å². The molecule has 1 atom stereocenters. The zero-order chi connectivity index (χ0) is 25.6. The maximum atomic E-state index is 12.3. The van der Waals surface area contributed by atoms with E-state index >= 15 is 0 Å². The first-order valence-electron chi connectivity index (χ1n) is 11.1. The summed E-state index contributed by atoms with van der Waals surface area (Å²) in [5.74, 6) is 0.164. The van der Waals surface area contributed by atoms with Crippen molar-refractivity contribution in [1.82, 2.24) is 10.4 Å². The van der Waals surface area contributed by atoms with Crippen molar-refractivity contribution in [3.05, 3.63) is 52.0 Å². The second-order valence-corrected chi connectivity index (χ2v) is 9.26. The summed E-state index contributed by atoms with van der Waals surface area (Å²) in [6.07, 6.45) is 0.522. The molecular weight excluding hydrogens is 497 g/mol. The van der Waals surface area contributed by atoms with Gasteiger partial charge in [0.25, 0.3) is 11.8 Å². The van der Waals surface area contributed by atoms with Crippen molar-refractivity contribution in [3.8, 4) is 17.2 Å². The molecule has 0 spiro atoms. The third kappa shape index (κ3) is 7.38. The fourth-order valence-electron chi connectivity index (χ4n) is 3.25. The second-order valence-electron chi connectivity index (χ2n) is 8.41. The number of amides is 2. The Morgan fingerprint density at radius 3 is 2.57 bits per heavy atom. The summed E-state index contributed by atoms with van der Waals surface area (Å²) in [7, 11) is 1.51. The molecule has 1 saturated heterocycles. The molecule has 9 nitrogen and oxygen atoms in total. The minimum atomic E-state index is -1.30. The molecule has 1 heterocycles. The predicted molar refractivity (Wildman–Crippen MR) is 132 cm³/mol. The SMILES string of the molecule is CNC(=O)c1cc(Cl)c(OC(C)(C)C(N)=O)cc1OCCCN1CC(Oc2ccc(Cl)cc2)CO1. The predicted octanol–water partition coefficient (Wildman–Crippen LogP) is 3.46. The van der Waals surface area contributed by atoms with Crippen LogP contribution in [0.2, 0.25) is 10.0 Å². The molecule has 0 bridgehead atoms. The lowest BCUT2D eigenvalue weighted by Crippen LogP contribution is -2.43. The van der Waals surface area contributed by atoms with Crippen LogP contribution >= 0.6 is 23.2 Å². The minimum Gasteiger partial charge on any atom is -0.493 e. The van der Waals surface area contributed by atoms with E-state index in [1.807, 2.05) is 17.2 Å². The number of nitrogens with two attached hydrogens (primary N) is 1. The number of rotatable bonds is 11. The van der Waals surface area contributed by atoms with Crippen LogP contribution in [0.1, 0.15) is 30.6 Å². The van der Waals surface area contributed by atoms with Gasteiger partial charge in [0.2, 0.25) is 0 Å². The Balaban J connectivity index is 1.56. The topological polar surface area (TPSA) is 112 Å². The number of benzene rings is 2. The maximum Gasteiger partial charge on any atom is 0.261 e. The summed E-state index contributed by atoms with van der Waals surface area (Å²) in [5, 5.41) is 5.18. The van der Waals surface area contributed by atoms with Crippen molar-refractivity contribution in [2.75, 3.05) is 33.4 Å². The van der Waals surface area contributed by atoms with E-state index in [0.29, 0.717) is 37.7 Å². The van der Waals surface area contributed by atoms with Crippen LogP contribution in [0.4, 0.5) is 0 Å². The standard InChI is InChI=1S/C24H29Cl2N3O6/c1-24(2,23(27)31)35-21-12-20(18(11-19(21)26)22(30)28-3)32-10-4-9-29-13-17(14-33-29)34-16-7-5-15(25)6-8-16/h5-8,11-12,17H,4,9-10,13-14H2,1-3H3,(H2,27,31)(H,28,30). The Kier molecular flexibility index (Phi) is 9.07. The molecule has 0 aliphatic carbocycles. The first-order chi connectivity index (χ1) is 16.6. The molecule has 0 saturated carbocycles. The fraction of sp³-hybridized carbons (Fsp3) is 0.417. The summed E-state index contributed by atoms with van der Waals surface area (Å²) in [5.41, 5.74) is 4.34. The van der Waals surface area contributed by atoms with Gasteiger partial charge in [0.05, 0.1) is 23.7 Å². The lowest BCUT2D eigenvalue weighted by Gasteiger charge is -2.24. The third-order valence-electron chi connectivity index (χ3n) is 5.24. The van der Waals surface area contributed by atoms with E-state index in [1.165, 1.54) is 33.0 Å². The van der Waals surface area contributed by atoms with E-state index in [0.717, 1.165) is 5.75 Å². The van der Waals surface area contributed by atoms with Gasteiger partial charge in [-0.2, -0.15) is 5.06 Å². The molecular formula is C24H29Cl2N3O6. The van der Waals surface area contributed by atoms with E-state index in [9.17, 15) is 9.59 Å². The molecule has 1 unspecified atom stereocenters. The molecule has 2 aromatic rings. The number of nitrogens with zero attached hydrogens (tertiary/aromatic N) is 1. The molecule has 1 fully saturated rings. The first-order valence-corrected chi connectivity index (χ1v) is 11.8. The number of hydroxylamine groups is 2. The molecule has 1 aliphatic heterocycles. The van der Waals surface area contributed by atoms with Gasteiger partial charge in [-0.05, 0) is 50.6 Å². The van der Waals surface area contributed by atoms with Crippen LogP contribution in [-0.2, 0) is 9.63 Å². The second kappa shape index (κ2) is 11.8. The Morgan fingerprint density at radius 2 is 1.91 bits per heavy atom. The Labute approximate surface area is 214 Å². The van der Waals surface area contributed by atoms with E-state index in [-0.39, 0.29) is 34.1 Å². The molecule has 0 aromatic heterocycles. The van der Waals surface area contributed by atoms with Crippen molar-refractivity contribution in [3.63, 3.8) is 0 Å². The van der Waals surface area contributed by atoms with Crippen LogP contribution < -0.4 is 25.3 Å². The van der Waals surface area contributed by atoms with Crippen LogP contribution in [-0.4, -0.2) is 61.9 Å². The van der Waals surface area contributed by atoms with Crippen molar-refractivity contribution in [2.45, 2.75) is 32.0 Å². The largest absolute Gasteiger partial charge is 0.493 e. The highest BCUT2D eigenvalue weighted by Crippen LogP contribution is 2.35. The minimum absolute atomic E-state index is 0.0958. The average molecular weight is 526 g/mol. The van der Waals surface area contributed by atoms with Gasteiger partial charge in [-0.1, -0.05) is 23.2 Å². The molecule has 3 rings (SSSR count). The smallest absolute Gasteiger partial charge is 0.261 e. The number of hydrogen-bond donors (Lipinski definition) is 2. The molecule has 35 heavy (non-hydrogen) atoms. The maximum absolute atomic E-state index is 12.3. The van der Waals surface area contributed by atoms with Crippen LogP contribution in [0.25, 0.3) is 0 Å². The molecule has 2 amide bonds. The van der Waals surface area contributed by atoms with E-state index < -0.39 is 11.5 Å². The first kappa shape index (κ1) is 26.9. The highest BCUT2D eigenvalue weighted by Gasteiger charge is 2.29. The van der Waals surface area contributed by atoms with Gasteiger partial charge in [-0.25, -0.2) is 0 Å². The summed E-state index contributed by atoms with van der Waals surface area (Å²) < 4.78 is 17.5. The lowest BCUT2D eigenvalue weighted by atomic mass is 10.1. The van der Waals surface area contributed by atoms with Gasteiger partial charge < -0.3 is 25.3 Å². The van der Waals surface area contributed by atoms with Gasteiger partial charge in [0.15, 0.2) is 5.60 Å². The van der Waals surface area contributed by atoms with Gasteiger partial charge in [0, 0.05) is 24.7 Å². The van der Waals surface area contributed by atoms with Gasteiger partial charge in [-0.15, -0.1) is 0 Å². The quantitative estimate of drug-likeness (QED) is 0.432. The number of carbonyl (C=O) groups is 2. The van der Waals surface area contributed by atoms with Crippen LogP contribution in [0.15, 0.2) is 36.4 Å². The van der Waals surface area contributed by atoms with Crippen LogP contribution in [0, 0.1) is 0 Å². The average Bonchev–Trinajstić information content (AvgIpc) is 3.26. The highest BCUT2D eigenvalue weighted by molar-refractivity contribution is 6.32. The number of nitrogens with one attached hydrogen (secondary N) is 1. The summed E-state index contributed by atoms with van der Waals surface area (Å²) in [6, 6.07) is 10.1. The van der Waals surface area contributed by atoms with Crippen molar-refractivity contribution in [2.24, 2.45) is 5.73 Å². The van der Waals surface area contributed by atoms with Gasteiger partial charge in [0.1, 0.15) is 30.0 Å². The molecule has 190 valence electrons. The summed E-state index contributed by atoms with van der Waals surface area (Å²) >= 11 is 12.2. The Bertz CT molecular complexity index is 1050. The zero-order valence-electron chi connectivity index (χ0n) is 19.8. The molecule has 0 radical (unpaired) electrons. The van der Waals surface area contributed by atoms with Crippen molar-refractivity contribution >= 4 is 35.0 Å². The third-order valence-corrected chi connectivity index (χ3v) is 5.79. The van der Waals surface area contributed by atoms with Crippen LogP contribution in [0.5, 0.6) is 17.2 Å². The number of hydrogen-bond acceptors (Lipinski definition) is 7. The molecule has 2 aromatic carbocycles. The Hall–Kier alpha value is -2.72. The summed E-state index contributed by atoms with van der Waals surface area (Å²) in [6.45, 7) is 5.00. The molecule has 11 heteroatoms. The van der Waals surface area contributed by atoms with E-state index in [2.05, 4.69) is 5.32 Å². The number of halogens is 2.